The Bertz CT molecular complexity index is 175. The van der Waals surface area contributed by atoms with Crippen molar-refractivity contribution >= 4 is 6.09 Å². The van der Waals surface area contributed by atoms with Gasteiger partial charge in [0, 0.05) is 25.7 Å². The van der Waals surface area contributed by atoms with Gasteiger partial charge < -0.3 is 20.1 Å². The molecule has 0 aromatic carbocycles. The van der Waals surface area contributed by atoms with E-state index in [0.29, 0.717) is 26.2 Å². The standard InChI is InChI=1S/C8H16N2O3/c1-2-13-8(12)10-4-3-9-7(5-10)6-11/h7,9,11H,2-6H2,1H3. The van der Waals surface area contributed by atoms with E-state index in [4.69, 9.17) is 9.84 Å². The number of ether oxygens (including phenoxy) is 1. The highest BCUT2D eigenvalue weighted by Crippen LogP contribution is 2.01. The zero-order chi connectivity index (χ0) is 9.68. The van der Waals surface area contributed by atoms with Crippen molar-refractivity contribution in [2.75, 3.05) is 32.8 Å². The van der Waals surface area contributed by atoms with Gasteiger partial charge in [-0.1, -0.05) is 0 Å². The zero-order valence-electron chi connectivity index (χ0n) is 7.82. The summed E-state index contributed by atoms with van der Waals surface area (Å²) in [6.45, 7) is 4.11. The molecule has 1 atom stereocenters. The number of rotatable bonds is 2. The van der Waals surface area contributed by atoms with Crippen molar-refractivity contribution in [2.45, 2.75) is 13.0 Å². The Morgan fingerprint density at radius 1 is 1.77 bits per heavy atom. The Labute approximate surface area is 77.7 Å². The fraction of sp³-hybridized carbons (Fsp3) is 0.875. The molecule has 2 N–H and O–H groups in total. The summed E-state index contributed by atoms with van der Waals surface area (Å²) in [5.41, 5.74) is 0. The Balaban J connectivity index is 2.37. The van der Waals surface area contributed by atoms with Crippen molar-refractivity contribution in [1.82, 2.24) is 10.2 Å². The van der Waals surface area contributed by atoms with Gasteiger partial charge in [-0.05, 0) is 6.92 Å². The zero-order valence-corrected chi connectivity index (χ0v) is 7.82. The Morgan fingerprint density at radius 2 is 2.54 bits per heavy atom. The quantitative estimate of drug-likeness (QED) is 0.608. The van der Waals surface area contributed by atoms with Crippen molar-refractivity contribution in [1.29, 1.82) is 0 Å². The molecule has 0 aromatic rings. The van der Waals surface area contributed by atoms with E-state index in [1.54, 1.807) is 11.8 Å². The molecule has 1 rings (SSSR count). The average Bonchev–Trinajstić information content (AvgIpc) is 2.18. The molecule has 1 heterocycles. The molecular formula is C8H16N2O3. The molecule has 0 aromatic heterocycles. The van der Waals surface area contributed by atoms with Crippen molar-refractivity contribution < 1.29 is 14.6 Å². The van der Waals surface area contributed by atoms with E-state index in [-0.39, 0.29) is 18.7 Å². The van der Waals surface area contributed by atoms with Crippen molar-refractivity contribution in [3.63, 3.8) is 0 Å². The molecule has 1 aliphatic rings. The topological polar surface area (TPSA) is 61.8 Å². The normalized spacial score (nSPS) is 22.9. The summed E-state index contributed by atoms with van der Waals surface area (Å²) in [5, 5.41) is 12.0. The van der Waals surface area contributed by atoms with Crippen molar-refractivity contribution in [3.8, 4) is 0 Å². The van der Waals surface area contributed by atoms with Crippen LogP contribution in [-0.4, -0.2) is 55.0 Å². The molecule has 1 saturated heterocycles. The van der Waals surface area contributed by atoms with Gasteiger partial charge in [-0.15, -0.1) is 0 Å². The largest absolute Gasteiger partial charge is 0.450 e. The van der Waals surface area contributed by atoms with Crippen LogP contribution in [0.5, 0.6) is 0 Å². The number of nitrogens with zero attached hydrogens (tertiary/aromatic N) is 1. The van der Waals surface area contributed by atoms with E-state index >= 15 is 0 Å². The molecule has 1 amide bonds. The summed E-state index contributed by atoms with van der Waals surface area (Å²) in [6.07, 6.45) is -0.289. The van der Waals surface area contributed by atoms with E-state index in [0.717, 1.165) is 0 Å². The first-order valence-corrected chi connectivity index (χ1v) is 4.54. The third-order valence-electron chi connectivity index (χ3n) is 2.00. The van der Waals surface area contributed by atoms with Gasteiger partial charge in [0.2, 0.25) is 0 Å². The van der Waals surface area contributed by atoms with E-state index in [1.165, 1.54) is 0 Å². The summed E-state index contributed by atoms with van der Waals surface area (Å²) in [6, 6.07) is -0.0156. The van der Waals surface area contributed by atoms with Crippen LogP contribution >= 0.6 is 0 Å². The summed E-state index contributed by atoms with van der Waals surface area (Å²) in [4.78, 5) is 12.9. The van der Waals surface area contributed by atoms with E-state index < -0.39 is 0 Å². The second-order valence-corrected chi connectivity index (χ2v) is 2.98. The summed E-state index contributed by atoms with van der Waals surface area (Å²) in [7, 11) is 0. The maximum atomic E-state index is 11.3. The van der Waals surface area contributed by atoms with Crippen LogP contribution < -0.4 is 5.32 Å². The number of hydrogen-bond donors (Lipinski definition) is 2. The van der Waals surface area contributed by atoms with Crippen LogP contribution in [0.2, 0.25) is 0 Å². The van der Waals surface area contributed by atoms with Crippen LogP contribution in [-0.2, 0) is 4.74 Å². The molecule has 5 heteroatoms. The van der Waals surface area contributed by atoms with Crippen molar-refractivity contribution in [3.05, 3.63) is 0 Å². The number of piperazine rings is 1. The minimum atomic E-state index is -0.289. The van der Waals surface area contributed by atoms with E-state index in [2.05, 4.69) is 5.32 Å². The first-order chi connectivity index (χ1) is 6.27. The van der Waals surface area contributed by atoms with Gasteiger partial charge in [-0.3, -0.25) is 0 Å². The molecule has 1 fully saturated rings. The maximum Gasteiger partial charge on any atom is 0.409 e. The molecule has 0 bridgehead atoms. The minimum Gasteiger partial charge on any atom is -0.450 e. The van der Waals surface area contributed by atoms with Crippen LogP contribution in [0.1, 0.15) is 6.92 Å². The fourth-order valence-electron chi connectivity index (χ4n) is 1.33. The number of carbonyl (C=O) groups excluding carboxylic acids is 1. The summed E-state index contributed by atoms with van der Waals surface area (Å²) >= 11 is 0. The lowest BCUT2D eigenvalue weighted by Gasteiger charge is -2.31. The predicted octanol–water partition coefficient (Wildman–Crippen LogP) is -0.591. The molecular weight excluding hydrogens is 172 g/mol. The maximum absolute atomic E-state index is 11.3. The van der Waals surface area contributed by atoms with Gasteiger partial charge in [0.25, 0.3) is 0 Å². The SMILES string of the molecule is CCOC(=O)N1CCNC(CO)C1. The first-order valence-electron chi connectivity index (χ1n) is 4.54. The molecule has 0 saturated carbocycles. The molecule has 0 aliphatic carbocycles. The Morgan fingerprint density at radius 3 is 3.15 bits per heavy atom. The molecule has 76 valence electrons. The summed E-state index contributed by atoms with van der Waals surface area (Å²) < 4.78 is 4.85. The fourth-order valence-corrected chi connectivity index (χ4v) is 1.33. The lowest BCUT2D eigenvalue weighted by molar-refractivity contribution is 0.0867. The highest BCUT2D eigenvalue weighted by Gasteiger charge is 2.22. The Hall–Kier alpha value is -0.810. The van der Waals surface area contributed by atoms with E-state index in [9.17, 15) is 4.79 Å². The number of aliphatic hydroxyl groups is 1. The van der Waals surface area contributed by atoms with Crippen LogP contribution in [0.25, 0.3) is 0 Å². The van der Waals surface area contributed by atoms with E-state index in [1.807, 2.05) is 0 Å². The molecule has 13 heavy (non-hydrogen) atoms. The van der Waals surface area contributed by atoms with Gasteiger partial charge in [0.1, 0.15) is 0 Å². The number of amides is 1. The Kier molecular flexibility index (Phi) is 3.98. The second kappa shape index (κ2) is 5.04. The lowest BCUT2D eigenvalue weighted by Crippen LogP contribution is -2.54. The third kappa shape index (κ3) is 2.86. The van der Waals surface area contributed by atoms with Gasteiger partial charge in [-0.25, -0.2) is 4.79 Å². The second-order valence-electron chi connectivity index (χ2n) is 2.98. The number of aliphatic hydroxyl groups excluding tert-OH is 1. The third-order valence-corrected chi connectivity index (χ3v) is 2.00. The first kappa shape index (κ1) is 10.3. The molecule has 0 radical (unpaired) electrons. The van der Waals surface area contributed by atoms with Gasteiger partial charge in [-0.2, -0.15) is 0 Å². The highest BCUT2D eigenvalue weighted by molar-refractivity contribution is 5.67. The van der Waals surface area contributed by atoms with Gasteiger partial charge >= 0.3 is 6.09 Å². The molecule has 1 aliphatic heterocycles. The van der Waals surface area contributed by atoms with Crippen LogP contribution in [0.3, 0.4) is 0 Å². The molecule has 0 spiro atoms. The molecule has 5 nitrogen and oxygen atoms in total. The number of nitrogens with one attached hydrogen (secondary N) is 1. The summed E-state index contributed by atoms with van der Waals surface area (Å²) in [5.74, 6) is 0. The van der Waals surface area contributed by atoms with Gasteiger partial charge in [0.05, 0.1) is 13.2 Å². The van der Waals surface area contributed by atoms with Crippen molar-refractivity contribution in [2.24, 2.45) is 0 Å². The lowest BCUT2D eigenvalue weighted by atomic mass is 10.2. The molecule has 1 unspecified atom stereocenters. The van der Waals surface area contributed by atoms with Crippen LogP contribution in [0, 0.1) is 0 Å². The van der Waals surface area contributed by atoms with Crippen LogP contribution in [0.4, 0.5) is 4.79 Å². The number of hydrogen-bond acceptors (Lipinski definition) is 4. The monoisotopic (exact) mass is 188 g/mol. The smallest absolute Gasteiger partial charge is 0.409 e. The van der Waals surface area contributed by atoms with Crippen LogP contribution in [0.15, 0.2) is 0 Å². The number of carbonyl (C=O) groups is 1. The average molecular weight is 188 g/mol. The predicted molar refractivity (Wildman–Crippen MR) is 47.5 cm³/mol. The minimum absolute atomic E-state index is 0.0156. The van der Waals surface area contributed by atoms with Gasteiger partial charge in [0.15, 0.2) is 0 Å². The highest BCUT2D eigenvalue weighted by atomic mass is 16.6.